The molecule has 0 spiro atoms. The molecule has 1 N–H and O–H groups in total. The summed E-state index contributed by atoms with van der Waals surface area (Å²) in [6.07, 6.45) is 1.55. The van der Waals surface area contributed by atoms with Crippen LogP contribution in [0.1, 0.15) is 18.4 Å². The average molecular weight is 284 g/mol. The number of halogens is 1. The summed E-state index contributed by atoms with van der Waals surface area (Å²) < 4.78 is 11.1. The molecule has 0 bridgehead atoms. The quantitative estimate of drug-likeness (QED) is 0.902. The van der Waals surface area contributed by atoms with Crippen molar-refractivity contribution in [1.82, 2.24) is 4.90 Å². The third-order valence-electron chi connectivity index (χ3n) is 3.62. The van der Waals surface area contributed by atoms with Gasteiger partial charge in [0.25, 0.3) is 0 Å². The molecular formula is C14H18ClNO3. The Bertz CT molecular complexity index is 458. The summed E-state index contributed by atoms with van der Waals surface area (Å²) in [5.41, 5.74) is 1.13. The third-order valence-corrected chi connectivity index (χ3v) is 3.90. The van der Waals surface area contributed by atoms with Gasteiger partial charge in [-0.05, 0) is 30.5 Å². The summed E-state index contributed by atoms with van der Waals surface area (Å²) in [7, 11) is 0. The highest BCUT2D eigenvalue weighted by Gasteiger charge is 2.20. The molecule has 0 aliphatic carbocycles. The molecule has 0 amide bonds. The van der Waals surface area contributed by atoms with Crippen LogP contribution in [0.2, 0.25) is 5.02 Å². The summed E-state index contributed by atoms with van der Waals surface area (Å²) >= 11 is 6.22. The molecule has 5 heteroatoms. The molecule has 2 heterocycles. The Labute approximate surface area is 117 Å². The Morgan fingerprint density at radius 1 is 1.21 bits per heavy atom. The number of fused-ring (bicyclic) bond motifs is 1. The van der Waals surface area contributed by atoms with Gasteiger partial charge in [0.15, 0.2) is 11.5 Å². The molecule has 19 heavy (non-hydrogen) atoms. The highest BCUT2D eigenvalue weighted by atomic mass is 35.5. The lowest BCUT2D eigenvalue weighted by molar-refractivity contribution is 0.0791. The van der Waals surface area contributed by atoms with Crippen LogP contribution in [0.4, 0.5) is 0 Å². The largest absolute Gasteiger partial charge is 0.486 e. The average Bonchev–Trinajstić information content (AvgIpc) is 2.42. The van der Waals surface area contributed by atoms with Gasteiger partial charge in [0.05, 0.1) is 11.1 Å². The molecule has 0 aromatic heterocycles. The predicted molar refractivity (Wildman–Crippen MR) is 73.0 cm³/mol. The smallest absolute Gasteiger partial charge is 0.179 e. The van der Waals surface area contributed by atoms with Crippen molar-refractivity contribution >= 4 is 11.6 Å². The molecular weight excluding hydrogens is 266 g/mol. The van der Waals surface area contributed by atoms with Gasteiger partial charge in [-0.1, -0.05) is 11.6 Å². The third kappa shape index (κ3) is 2.96. The van der Waals surface area contributed by atoms with E-state index in [2.05, 4.69) is 4.90 Å². The Morgan fingerprint density at radius 3 is 2.74 bits per heavy atom. The Hall–Kier alpha value is -0.970. The molecule has 0 atom stereocenters. The van der Waals surface area contributed by atoms with Crippen LogP contribution in [0.15, 0.2) is 12.1 Å². The number of ether oxygens (including phenoxy) is 2. The number of benzene rings is 1. The summed E-state index contributed by atoms with van der Waals surface area (Å²) in [6, 6.07) is 3.95. The van der Waals surface area contributed by atoms with Crippen LogP contribution < -0.4 is 9.47 Å². The number of rotatable bonds is 2. The lowest BCUT2D eigenvalue weighted by Crippen LogP contribution is -2.35. The van der Waals surface area contributed by atoms with Crippen molar-refractivity contribution < 1.29 is 14.6 Å². The number of aliphatic hydroxyl groups excluding tert-OH is 1. The second-order valence-electron chi connectivity index (χ2n) is 5.11. The molecule has 2 aliphatic rings. The molecule has 0 radical (unpaired) electrons. The Balaban J connectivity index is 1.73. The fourth-order valence-electron chi connectivity index (χ4n) is 2.59. The zero-order valence-electron chi connectivity index (χ0n) is 10.8. The van der Waals surface area contributed by atoms with E-state index in [1.54, 1.807) is 0 Å². The van der Waals surface area contributed by atoms with Gasteiger partial charge in [-0.2, -0.15) is 0 Å². The van der Waals surface area contributed by atoms with Gasteiger partial charge in [-0.25, -0.2) is 0 Å². The van der Waals surface area contributed by atoms with Gasteiger partial charge in [0, 0.05) is 19.6 Å². The van der Waals surface area contributed by atoms with E-state index in [1.807, 2.05) is 12.1 Å². The fraction of sp³-hybridized carbons (Fsp3) is 0.571. The maximum Gasteiger partial charge on any atom is 0.179 e. The summed E-state index contributed by atoms with van der Waals surface area (Å²) in [4.78, 5) is 2.33. The number of piperidine rings is 1. The molecule has 1 aromatic carbocycles. The zero-order chi connectivity index (χ0) is 13.2. The maximum atomic E-state index is 9.51. The van der Waals surface area contributed by atoms with Crippen molar-refractivity contribution in [2.45, 2.75) is 25.5 Å². The van der Waals surface area contributed by atoms with E-state index in [0.717, 1.165) is 43.8 Å². The van der Waals surface area contributed by atoms with Crippen molar-refractivity contribution in [2.24, 2.45) is 0 Å². The number of nitrogens with zero attached hydrogens (tertiary/aromatic N) is 1. The van der Waals surface area contributed by atoms with Gasteiger partial charge in [-0.15, -0.1) is 0 Å². The minimum Gasteiger partial charge on any atom is -0.486 e. The van der Waals surface area contributed by atoms with Crippen molar-refractivity contribution in [3.05, 3.63) is 22.7 Å². The number of hydrogen-bond acceptors (Lipinski definition) is 4. The SMILES string of the molecule is OC1CCN(Cc2cc(Cl)c3c(c2)OCCO3)CC1. The summed E-state index contributed by atoms with van der Waals surface area (Å²) in [6.45, 7) is 3.81. The van der Waals surface area contributed by atoms with Gasteiger partial charge >= 0.3 is 0 Å². The molecule has 1 fully saturated rings. The van der Waals surface area contributed by atoms with E-state index < -0.39 is 0 Å². The maximum absolute atomic E-state index is 9.51. The van der Waals surface area contributed by atoms with Crippen molar-refractivity contribution in [2.75, 3.05) is 26.3 Å². The monoisotopic (exact) mass is 283 g/mol. The van der Waals surface area contributed by atoms with E-state index in [4.69, 9.17) is 21.1 Å². The minimum absolute atomic E-state index is 0.139. The second-order valence-corrected chi connectivity index (χ2v) is 5.52. The van der Waals surface area contributed by atoms with Gasteiger partial charge in [0.1, 0.15) is 13.2 Å². The van der Waals surface area contributed by atoms with Crippen LogP contribution in [0, 0.1) is 0 Å². The van der Waals surface area contributed by atoms with E-state index in [0.29, 0.717) is 24.0 Å². The first-order valence-electron chi connectivity index (χ1n) is 6.71. The van der Waals surface area contributed by atoms with Gasteiger partial charge in [0.2, 0.25) is 0 Å². The second kappa shape index (κ2) is 5.57. The molecule has 3 rings (SSSR count). The topological polar surface area (TPSA) is 41.9 Å². The highest BCUT2D eigenvalue weighted by Crippen LogP contribution is 2.38. The number of hydrogen-bond donors (Lipinski definition) is 1. The predicted octanol–water partition coefficient (Wildman–Crippen LogP) is 2.07. The first kappa shape index (κ1) is 13.0. The Kier molecular flexibility index (Phi) is 3.82. The normalized spacial score (nSPS) is 20.5. The number of likely N-dealkylation sites (tertiary alicyclic amines) is 1. The van der Waals surface area contributed by atoms with Crippen molar-refractivity contribution in [3.8, 4) is 11.5 Å². The van der Waals surface area contributed by atoms with E-state index in [9.17, 15) is 5.11 Å². The van der Waals surface area contributed by atoms with Crippen LogP contribution >= 0.6 is 11.6 Å². The van der Waals surface area contributed by atoms with Crippen molar-refractivity contribution in [1.29, 1.82) is 0 Å². The highest BCUT2D eigenvalue weighted by molar-refractivity contribution is 6.32. The molecule has 104 valence electrons. The first-order chi connectivity index (χ1) is 9.22. The van der Waals surface area contributed by atoms with E-state index in [1.165, 1.54) is 0 Å². The number of aliphatic hydroxyl groups is 1. The van der Waals surface area contributed by atoms with Crippen LogP contribution in [0.3, 0.4) is 0 Å². The van der Waals surface area contributed by atoms with Crippen LogP contribution in [-0.2, 0) is 6.54 Å². The van der Waals surface area contributed by atoms with Crippen LogP contribution in [0.25, 0.3) is 0 Å². The molecule has 0 unspecified atom stereocenters. The minimum atomic E-state index is -0.139. The standard InChI is InChI=1S/C14H18ClNO3/c15-12-7-10(8-13-14(12)19-6-5-18-13)9-16-3-1-11(17)2-4-16/h7-8,11,17H,1-6,9H2. The first-order valence-corrected chi connectivity index (χ1v) is 7.08. The fourth-order valence-corrected chi connectivity index (χ4v) is 2.88. The molecule has 1 aromatic rings. The molecule has 4 nitrogen and oxygen atoms in total. The van der Waals surface area contributed by atoms with Crippen LogP contribution in [-0.4, -0.2) is 42.4 Å². The lowest BCUT2D eigenvalue weighted by Gasteiger charge is -2.30. The lowest BCUT2D eigenvalue weighted by atomic mass is 10.1. The molecule has 0 saturated carbocycles. The molecule has 1 saturated heterocycles. The summed E-state index contributed by atoms with van der Waals surface area (Å²) in [5, 5.41) is 10.1. The van der Waals surface area contributed by atoms with Gasteiger partial charge < -0.3 is 14.6 Å². The van der Waals surface area contributed by atoms with Gasteiger partial charge in [-0.3, -0.25) is 4.90 Å². The van der Waals surface area contributed by atoms with E-state index in [-0.39, 0.29) is 6.10 Å². The van der Waals surface area contributed by atoms with Crippen molar-refractivity contribution in [3.63, 3.8) is 0 Å². The summed E-state index contributed by atoms with van der Waals surface area (Å²) in [5.74, 6) is 1.40. The zero-order valence-corrected chi connectivity index (χ0v) is 11.5. The van der Waals surface area contributed by atoms with E-state index >= 15 is 0 Å². The van der Waals surface area contributed by atoms with Crippen LogP contribution in [0.5, 0.6) is 11.5 Å². The Morgan fingerprint density at radius 2 is 1.95 bits per heavy atom. The molecule has 2 aliphatic heterocycles.